The van der Waals surface area contributed by atoms with Gasteiger partial charge in [0.15, 0.2) is 0 Å². The van der Waals surface area contributed by atoms with Crippen LogP contribution in [0.4, 0.5) is 0 Å². The van der Waals surface area contributed by atoms with Crippen molar-refractivity contribution in [2.45, 2.75) is 0 Å². The molecule has 0 saturated carbocycles. The second-order valence-electron chi connectivity index (χ2n) is 2.40. The predicted octanol–water partition coefficient (Wildman–Crippen LogP) is 2.26. The van der Waals surface area contributed by atoms with Crippen LogP contribution in [-0.4, -0.2) is 21.9 Å². The van der Waals surface area contributed by atoms with E-state index in [0.29, 0.717) is 0 Å². The van der Waals surface area contributed by atoms with E-state index in [9.17, 15) is 0 Å². The van der Waals surface area contributed by atoms with Gasteiger partial charge >= 0.3 is 0 Å². The van der Waals surface area contributed by atoms with Gasteiger partial charge in [-0.1, -0.05) is 49.7 Å². The molecular formula is C9H9NS2. The zero-order valence-electron chi connectivity index (χ0n) is 6.83. The highest BCUT2D eigenvalue weighted by atomic mass is 32.1. The quantitative estimate of drug-likeness (QED) is 0.622. The van der Waals surface area contributed by atoms with E-state index in [1.54, 1.807) is 17.1 Å². The Hall–Kier alpha value is -0.800. The molecule has 0 fully saturated rings. The van der Waals surface area contributed by atoms with Gasteiger partial charge in [0.2, 0.25) is 0 Å². The molecule has 0 amide bonds. The van der Waals surface area contributed by atoms with E-state index in [1.165, 1.54) is 0 Å². The van der Waals surface area contributed by atoms with Gasteiger partial charge in [-0.05, 0) is 0 Å². The summed E-state index contributed by atoms with van der Waals surface area (Å²) in [5.74, 6) is 0. The first-order valence-electron chi connectivity index (χ1n) is 3.45. The highest BCUT2D eigenvalue weighted by molar-refractivity contribution is 7.82. The number of thiocarbonyl (C=S) groups is 2. The van der Waals surface area contributed by atoms with Crippen LogP contribution < -0.4 is 0 Å². The molecule has 0 atom stereocenters. The van der Waals surface area contributed by atoms with E-state index < -0.39 is 0 Å². The molecule has 1 heterocycles. The lowest BCUT2D eigenvalue weighted by Crippen LogP contribution is -2.23. The first-order valence-corrected chi connectivity index (χ1v) is 4.26. The Labute approximate surface area is 83.1 Å². The van der Waals surface area contributed by atoms with E-state index in [2.05, 4.69) is 13.2 Å². The van der Waals surface area contributed by atoms with Crippen LogP contribution in [0.2, 0.25) is 0 Å². The summed E-state index contributed by atoms with van der Waals surface area (Å²) < 4.78 is 0. The van der Waals surface area contributed by atoms with E-state index >= 15 is 0 Å². The summed E-state index contributed by atoms with van der Waals surface area (Å²) in [5.41, 5.74) is 1.82. The molecule has 1 aliphatic heterocycles. The third kappa shape index (κ3) is 1.15. The van der Waals surface area contributed by atoms with Gasteiger partial charge < -0.3 is 4.90 Å². The highest BCUT2D eigenvalue weighted by Crippen LogP contribution is 2.23. The molecule has 0 saturated heterocycles. The first-order chi connectivity index (χ1) is 5.63. The van der Waals surface area contributed by atoms with Crippen LogP contribution in [0.15, 0.2) is 36.5 Å². The fourth-order valence-electron chi connectivity index (χ4n) is 1.08. The number of hydrogen-bond acceptors (Lipinski definition) is 2. The average Bonchev–Trinajstić information content (AvgIpc) is 2.29. The van der Waals surface area contributed by atoms with Crippen molar-refractivity contribution in [2.75, 3.05) is 7.05 Å². The van der Waals surface area contributed by atoms with Gasteiger partial charge in [-0.15, -0.1) is 0 Å². The smallest absolute Gasteiger partial charge is 0.114 e. The molecule has 0 aromatic carbocycles. The Morgan fingerprint density at radius 3 is 1.67 bits per heavy atom. The van der Waals surface area contributed by atoms with Crippen LogP contribution >= 0.6 is 24.4 Å². The summed E-state index contributed by atoms with van der Waals surface area (Å²) in [6.45, 7) is 7.36. The molecule has 0 radical (unpaired) electrons. The normalized spacial score (nSPS) is 17.2. The largest absolute Gasteiger partial charge is 0.326 e. The van der Waals surface area contributed by atoms with Crippen molar-refractivity contribution in [2.24, 2.45) is 0 Å². The molecule has 0 aromatic rings. The molecule has 1 rings (SSSR count). The molecule has 0 unspecified atom stereocenters. The number of rotatable bonds is 2. The monoisotopic (exact) mass is 195 g/mol. The van der Waals surface area contributed by atoms with E-state index in [0.717, 1.165) is 21.1 Å². The maximum Gasteiger partial charge on any atom is 0.114 e. The molecule has 0 bridgehead atoms. The van der Waals surface area contributed by atoms with Gasteiger partial charge in [0.05, 0.1) is 0 Å². The van der Waals surface area contributed by atoms with Crippen molar-refractivity contribution in [3.8, 4) is 0 Å². The SMILES string of the molecule is C=CC1=C(C=C)C(=S)N(C)C1=S. The minimum atomic E-state index is 0.727. The predicted molar refractivity (Wildman–Crippen MR) is 60.4 cm³/mol. The number of hydrogen-bond donors (Lipinski definition) is 0. The zero-order valence-corrected chi connectivity index (χ0v) is 8.47. The van der Waals surface area contributed by atoms with Crippen LogP contribution in [0.1, 0.15) is 0 Å². The average molecular weight is 195 g/mol. The van der Waals surface area contributed by atoms with Crippen LogP contribution in [0, 0.1) is 0 Å². The van der Waals surface area contributed by atoms with Gasteiger partial charge in [-0.3, -0.25) is 0 Å². The molecule has 12 heavy (non-hydrogen) atoms. The lowest BCUT2D eigenvalue weighted by molar-refractivity contribution is 0.801. The van der Waals surface area contributed by atoms with Gasteiger partial charge in [-0.2, -0.15) is 0 Å². The van der Waals surface area contributed by atoms with Crippen molar-refractivity contribution in [1.29, 1.82) is 0 Å². The third-order valence-electron chi connectivity index (χ3n) is 1.77. The molecule has 0 spiro atoms. The van der Waals surface area contributed by atoms with Crippen molar-refractivity contribution in [3.05, 3.63) is 36.5 Å². The summed E-state index contributed by atoms with van der Waals surface area (Å²) in [6, 6.07) is 0. The third-order valence-corrected chi connectivity index (χ3v) is 2.76. The molecule has 0 aromatic heterocycles. The summed E-state index contributed by atoms with van der Waals surface area (Å²) in [4.78, 5) is 3.24. The van der Waals surface area contributed by atoms with Crippen LogP contribution in [-0.2, 0) is 0 Å². The fourth-order valence-corrected chi connectivity index (χ4v) is 1.71. The van der Waals surface area contributed by atoms with E-state index in [1.807, 2.05) is 7.05 Å². The Bertz CT molecular complexity index is 282. The maximum absolute atomic E-state index is 5.14. The van der Waals surface area contributed by atoms with Gasteiger partial charge in [0.25, 0.3) is 0 Å². The second kappa shape index (κ2) is 3.29. The number of nitrogens with zero attached hydrogens (tertiary/aromatic N) is 1. The lowest BCUT2D eigenvalue weighted by atomic mass is 10.1. The summed E-state index contributed by atoms with van der Waals surface area (Å²) >= 11 is 10.3. The summed E-state index contributed by atoms with van der Waals surface area (Å²) in [6.07, 6.45) is 3.43. The van der Waals surface area contributed by atoms with Crippen LogP contribution in [0.3, 0.4) is 0 Å². The minimum absolute atomic E-state index is 0.727. The molecule has 62 valence electrons. The molecule has 1 aliphatic rings. The summed E-state index contributed by atoms with van der Waals surface area (Å²) in [7, 11) is 1.85. The van der Waals surface area contributed by atoms with E-state index in [4.69, 9.17) is 24.4 Å². The molecule has 1 nitrogen and oxygen atoms in total. The highest BCUT2D eigenvalue weighted by Gasteiger charge is 2.25. The second-order valence-corrected chi connectivity index (χ2v) is 3.18. The van der Waals surface area contributed by atoms with Crippen molar-refractivity contribution in [1.82, 2.24) is 4.90 Å². The van der Waals surface area contributed by atoms with Crippen LogP contribution in [0.25, 0.3) is 0 Å². The van der Waals surface area contributed by atoms with Crippen molar-refractivity contribution < 1.29 is 0 Å². The topological polar surface area (TPSA) is 3.24 Å². The maximum atomic E-state index is 5.14. The molecular weight excluding hydrogens is 186 g/mol. The Morgan fingerprint density at radius 2 is 1.42 bits per heavy atom. The zero-order chi connectivity index (χ0) is 9.30. The Balaban J connectivity index is 3.27. The summed E-state index contributed by atoms with van der Waals surface area (Å²) in [5, 5.41) is 0. The Kier molecular flexibility index (Phi) is 2.55. The van der Waals surface area contributed by atoms with Gasteiger partial charge in [-0.25, -0.2) is 0 Å². The Morgan fingerprint density at radius 1 is 1.08 bits per heavy atom. The van der Waals surface area contributed by atoms with Gasteiger partial charge in [0.1, 0.15) is 9.98 Å². The van der Waals surface area contributed by atoms with Crippen molar-refractivity contribution >= 4 is 34.4 Å². The van der Waals surface area contributed by atoms with E-state index in [-0.39, 0.29) is 0 Å². The fraction of sp³-hybridized carbons (Fsp3) is 0.111. The molecule has 0 N–H and O–H groups in total. The van der Waals surface area contributed by atoms with Crippen LogP contribution in [0.5, 0.6) is 0 Å². The standard InChI is InChI=1S/C9H9NS2/c1-4-6-7(5-2)9(12)10(3)8(6)11/h4-5H,1-2H2,3H3. The minimum Gasteiger partial charge on any atom is -0.326 e. The first kappa shape index (κ1) is 9.29. The van der Waals surface area contributed by atoms with Crippen molar-refractivity contribution in [3.63, 3.8) is 0 Å². The lowest BCUT2D eigenvalue weighted by Gasteiger charge is -2.10. The molecule has 0 aliphatic carbocycles. The number of likely N-dealkylation sites (N-methyl/N-ethyl adjacent to an activating group) is 1. The molecule has 3 heteroatoms. The van der Waals surface area contributed by atoms with Gasteiger partial charge in [0, 0.05) is 18.2 Å².